The Bertz CT molecular complexity index is 1310. The maximum atomic E-state index is 13.9. The van der Waals surface area contributed by atoms with Crippen LogP contribution >= 0.6 is 0 Å². The molecule has 3 aromatic rings. The molecule has 0 aliphatic carbocycles. The second-order valence-electron chi connectivity index (χ2n) is 8.86. The number of aromatic nitrogens is 2. The van der Waals surface area contributed by atoms with E-state index < -0.39 is 23.0 Å². The Labute approximate surface area is 202 Å². The molecule has 1 heterocycles. The molecule has 0 atom stereocenters. The summed E-state index contributed by atoms with van der Waals surface area (Å²) in [6.45, 7) is 4.54. The van der Waals surface area contributed by atoms with Crippen molar-refractivity contribution in [3.05, 3.63) is 75.2 Å². The molecule has 8 nitrogen and oxygen atoms in total. The molecule has 9 heteroatoms. The minimum atomic E-state index is -0.626. The normalized spacial score (nSPS) is 11.1. The Hall–Kier alpha value is -3.75. The number of carbonyl (C=O) groups is 2. The fraction of sp³-hybridized carbons (Fsp3) is 0.385. The molecule has 0 fully saturated rings. The molecule has 2 amide bonds. The summed E-state index contributed by atoms with van der Waals surface area (Å²) in [5, 5.41) is 5.64. The standard InChI is InChI=1S/C26H31FN4O4/c1-18(2)14-15-28-23(32)13-7-8-16-30-25(34)19-9-3-6-12-22(19)31(26(30)35)17-24(33)29-21-11-5-4-10-20(21)27/h3-6,9-12,18H,7-8,13-17H2,1-2H3,(H,28,32)(H,29,33). The molecule has 186 valence electrons. The van der Waals surface area contributed by atoms with Crippen LogP contribution in [0, 0.1) is 11.7 Å². The molecule has 0 aliphatic heterocycles. The van der Waals surface area contributed by atoms with Crippen molar-refractivity contribution in [1.82, 2.24) is 14.5 Å². The van der Waals surface area contributed by atoms with E-state index in [1.165, 1.54) is 22.8 Å². The van der Waals surface area contributed by atoms with E-state index in [9.17, 15) is 23.6 Å². The summed E-state index contributed by atoms with van der Waals surface area (Å²) >= 11 is 0. The molecule has 3 rings (SSSR count). The predicted molar refractivity (Wildman–Crippen MR) is 134 cm³/mol. The van der Waals surface area contributed by atoms with Gasteiger partial charge < -0.3 is 10.6 Å². The molecule has 0 bridgehead atoms. The molecule has 0 saturated heterocycles. The third-order valence-corrected chi connectivity index (χ3v) is 5.66. The van der Waals surface area contributed by atoms with E-state index in [0.717, 1.165) is 11.0 Å². The van der Waals surface area contributed by atoms with Gasteiger partial charge in [0.05, 0.1) is 16.6 Å². The van der Waals surface area contributed by atoms with E-state index in [2.05, 4.69) is 24.5 Å². The number of unbranched alkanes of at least 4 members (excludes halogenated alkanes) is 1. The van der Waals surface area contributed by atoms with Gasteiger partial charge in [0.1, 0.15) is 12.4 Å². The zero-order chi connectivity index (χ0) is 25.4. The van der Waals surface area contributed by atoms with Gasteiger partial charge in [0.2, 0.25) is 11.8 Å². The highest BCUT2D eigenvalue weighted by Gasteiger charge is 2.16. The maximum absolute atomic E-state index is 13.9. The van der Waals surface area contributed by atoms with E-state index in [-0.39, 0.29) is 24.7 Å². The van der Waals surface area contributed by atoms with Gasteiger partial charge in [-0.15, -0.1) is 0 Å². The number of carbonyl (C=O) groups excluding carboxylic acids is 2. The van der Waals surface area contributed by atoms with Gasteiger partial charge in [-0.2, -0.15) is 0 Å². The van der Waals surface area contributed by atoms with Crippen LogP contribution in [0.2, 0.25) is 0 Å². The smallest absolute Gasteiger partial charge is 0.331 e. The van der Waals surface area contributed by atoms with Crippen LogP contribution in [-0.2, 0) is 22.7 Å². The third kappa shape index (κ3) is 6.88. The lowest BCUT2D eigenvalue weighted by Gasteiger charge is -2.14. The van der Waals surface area contributed by atoms with E-state index >= 15 is 0 Å². The molecule has 0 saturated carbocycles. The number of nitrogens with zero attached hydrogens (tertiary/aromatic N) is 2. The van der Waals surface area contributed by atoms with Gasteiger partial charge in [0.25, 0.3) is 5.56 Å². The summed E-state index contributed by atoms with van der Waals surface area (Å²) in [7, 11) is 0. The average Bonchev–Trinajstić information content (AvgIpc) is 2.82. The van der Waals surface area contributed by atoms with Crippen LogP contribution in [0.3, 0.4) is 0 Å². The number of benzene rings is 2. The molecular formula is C26H31FN4O4. The second-order valence-corrected chi connectivity index (χ2v) is 8.86. The van der Waals surface area contributed by atoms with E-state index in [1.54, 1.807) is 30.3 Å². The number of hydrogen-bond acceptors (Lipinski definition) is 4. The van der Waals surface area contributed by atoms with Gasteiger partial charge in [-0.1, -0.05) is 38.1 Å². The number of para-hydroxylation sites is 2. The topological polar surface area (TPSA) is 102 Å². The molecule has 1 aromatic heterocycles. The number of rotatable bonds is 11. The molecule has 35 heavy (non-hydrogen) atoms. The van der Waals surface area contributed by atoms with Gasteiger partial charge in [-0.25, -0.2) is 9.18 Å². The largest absolute Gasteiger partial charge is 0.356 e. The summed E-state index contributed by atoms with van der Waals surface area (Å²) in [6, 6.07) is 12.3. The first kappa shape index (κ1) is 25.9. The molecule has 0 unspecified atom stereocenters. The van der Waals surface area contributed by atoms with Gasteiger partial charge >= 0.3 is 5.69 Å². The van der Waals surface area contributed by atoms with Gasteiger partial charge in [0.15, 0.2) is 0 Å². The van der Waals surface area contributed by atoms with Crippen LogP contribution in [0.4, 0.5) is 10.1 Å². The van der Waals surface area contributed by atoms with Crippen LogP contribution in [0.1, 0.15) is 39.5 Å². The Balaban J connectivity index is 1.74. The predicted octanol–water partition coefficient (Wildman–Crippen LogP) is 3.27. The van der Waals surface area contributed by atoms with Crippen LogP contribution in [0.25, 0.3) is 10.9 Å². The summed E-state index contributed by atoms with van der Waals surface area (Å²) in [5.41, 5.74) is -0.738. The first-order valence-corrected chi connectivity index (χ1v) is 11.8. The van der Waals surface area contributed by atoms with Crippen LogP contribution in [0.5, 0.6) is 0 Å². The lowest BCUT2D eigenvalue weighted by atomic mass is 10.1. The summed E-state index contributed by atoms with van der Waals surface area (Å²) in [6.07, 6.45) is 2.18. The Kier molecular flexibility index (Phi) is 8.94. The number of fused-ring (bicyclic) bond motifs is 1. The van der Waals surface area contributed by atoms with E-state index in [1.807, 2.05) is 0 Å². The minimum Gasteiger partial charge on any atom is -0.356 e. The van der Waals surface area contributed by atoms with Crippen LogP contribution in [-0.4, -0.2) is 27.5 Å². The summed E-state index contributed by atoms with van der Waals surface area (Å²) in [5.74, 6) is -0.730. The quantitative estimate of drug-likeness (QED) is 0.410. The highest BCUT2D eigenvalue weighted by molar-refractivity contribution is 5.91. The van der Waals surface area contributed by atoms with Gasteiger partial charge in [-0.3, -0.25) is 23.5 Å². The number of halogens is 1. The zero-order valence-corrected chi connectivity index (χ0v) is 20.1. The van der Waals surface area contributed by atoms with Crippen LogP contribution < -0.4 is 21.9 Å². The maximum Gasteiger partial charge on any atom is 0.331 e. The Morgan fingerprint density at radius 1 is 0.943 bits per heavy atom. The van der Waals surface area contributed by atoms with Crippen molar-refractivity contribution in [3.63, 3.8) is 0 Å². The molecule has 2 N–H and O–H groups in total. The minimum absolute atomic E-state index is 0.00912. The molecule has 0 radical (unpaired) electrons. The Morgan fingerprint density at radius 2 is 1.66 bits per heavy atom. The van der Waals surface area contributed by atoms with Crippen molar-refractivity contribution >= 4 is 28.4 Å². The molecule has 2 aromatic carbocycles. The molecule has 0 spiro atoms. The Morgan fingerprint density at radius 3 is 2.40 bits per heavy atom. The molecular weight excluding hydrogens is 451 g/mol. The van der Waals surface area contributed by atoms with Crippen LogP contribution in [0.15, 0.2) is 58.1 Å². The third-order valence-electron chi connectivity index (χ3n) is 5.66. The van der Waals surface area contributed by atoms with E-state index in [0.29, 0.717) is 42.6 Å². The summed E-state index contributed by atoms with van der Waals surface area (Å²) in [4.78, 5) is 50.8. The number of anilines is 1. The number of amides is 2. The lowest BCUT2D eigenvalue weighted by Crippen LogP contribution is -2.41. The van der Waals surface area contributed by atoms with Crippen molar-refractivity contribution in [1.29, 1.82) is 0 Å². The SMILES string of the molecule is CC(C)CCNC(=O)CCCCn1c(=O)c2ccccc2n(CC(=O)Nc2ccccc2F)c1=O. The van der Waals surface area contributed by atoms with Crippen molar-refractivity contribution in [2.75, 3.05) is 11.9 Å². The lowest BCUT2D eigenvalue weighted by molar-refractivity contribution is -0.121. The number of nitrogens with one attached hydrogen (secondary N) is 2. The highest BCUT2D eigenvalue weighted by Crippen LogP contribution is 2.13. The van der Waals surface area contributed by atoms with Crippen molar-refractivity contribution in [3.8, 4) is 0 Å². The zero-order valence-electron chi connectivity index (χ0n) is 20.1. The molecule has 0 aliphatic rings. The number of hydrogen-bond donors (Lipinski definition) is 2. The average molecular weight is 483 g/mol. The van der Waals surface area contributed by atoms with E-state index in [4.69, 9.17) is 0 Å². The summed E-state index contributed by atoms with van der Waals surface area (Å²) < 4.78 is 16.2. The fourth-order valence-corrected chi connectivity index (χ4v) is 3.76. The second kappa shape index (κ2) is 12.1. The first-order valence-electron chi connectivity index (χ1n) is 11.8. The highest BCUT2D eigenvalue weighted by atomic mass is 19.1. The van der Waals surface area contributed by atoms with Crippen molar-refractivity contribution < 1.29 is 14.0 Å². The first-order chi connectivity index (χ1) is 16.8. The van der Waals surface area contributed by atoms with Gasteiger partial charge in [-0.05, 0) is 49.4 Å². The fourth-order valence-electron chi connectivity index (χ4n) is 3.76. The monoisotopic (exact) mass is 482 g/mol. The van der Waals surface area contributed by atoms with Gasteiger partial charge in [0, 0.05) is 19.5 Å². The van der Waals surface area contributed by atoms with Crippen molar-refractivity contribution in [2.24, 2.45) is 5.92 Å². The van der Waals surface area contributed by atoms with Crippen molar-refractivity contribution in [2.45, 2.75) is 52.6 Å².